The molecule has 3 N–H and O–H groups in total. The fraction of sp³-hybridized carbons (Fsp3) is 0.611. The van der Waals surface area contributed by atoms with E-state index in [0.29, 0.717) is 30.9 Å². The van der Waals surface area contributed by atoms with Crippen molar-refractivity contribution in [2.45, 2.75) is 51.9 Å². The number of morpholine rings is 1. The monoisotopic (exact) mass is 353 g/mol. The number of hydrogen-bond donors (Lipinski definition) is 3. The Morgan fingerprint density at radius 2 is 2.04 bits per heavy atom. The van der Waals surface area contributed by atoms with Gasteiger partial charge in [0, 0.05) is 25.3 Å². The predicted octanol–water partition coefficient (Wildman–Crippen LogP) is 2.72. The smallest absolute Gasteiger partial charge is 0.319 e. The van der Waals surface area contributed by atoms with Crippen molar-refractivity contribution in [1.29, 1.82) is 0 Å². The van der Waals surface area contributed by atoms with Gasteiger partial charge in [-0.25, -0.2) is 9.18 Å². The van der Waals surface area contributed by atoms with Gasteiger partial charge in [-0.15, -0.1) is 0 Å². The molecule has 1 heterocycles. The standard InChI is InChI=1S/C18H28FN3O3/c1-5-18(4,24)11-20-17(23)21-14-6-7-16(15(19)8-14)22-9-12(2)25-13(3)10-22/h6-8,12-13,24H,5,9-11H2,1-4H3,(H2,20,21,23)/t12-,13+,18-/m1/s1. The van der Waals surface area contributed by atoms with Crippen molar-refractivity contribution in [3.8, 4) is 0 Å². The number of hydrogen-bond acceptors (Lipinski definition) is 4. The van der Waals surface area contributed by atoms with Gasteiger partial charge < -0.3 is 25.4 Å². The minimum atomic E-state index is -0.962. The van der Waals surface area contributed by atoms with E-state index < -0.39 is 11.6 Å². The number of carbonyl (C=O) groups is 1. The van der Waals surface area contributed by atoms with Gasteiger partial charge in [0.05, 0.1) is 23.5 Å². The minimum absolute atomic E-state index is 0.0399. The van der Waals surface area contributed by atoms with Crippen molar-refractivity contribution < 1.29 is 19.0 Å². The van der Waals surface area contributed by atoms with Gasteiger partial charge in [0.1, 0.15) is 5.82 Å². The summed E-state index contributed by atoms with van der Waals surface area (Å²) < 4.78 is 20.1. The molecule has 7 heteroatoms. The topological polar surface area (TPSA) is 73.8 Å². The number of aliphatic hydroxyl groups is 1. The van der Waals surface area contributed by atoms with Crippen molar-refractivity contribution in [2.75, 3.05) is 29.9 Å². The van der Waals surface area contributed by atoms with Gasteiger partial charge in [-0.2, -0.15) is 0 Å². The Morgan fingerprint density at radius 3 is 2.60 bits per heavy atom. The molecule has 0 saturated carbocycles. The molecule has 1 aromatic carbocycles. The minimum Gasteiger partial charge on any atom is -0.388 e. The number of benzene rings is 1. The van der Waals surface area contributed by atoms with E-state index in [1.165, 1.54) is 6.07 Å². The molecule has 1 aliphatic rings. The first kappa shape index (κ1) is 19.5. The first-order valence-electron chi connectivity index (χ1n) is 8.67. The third-order valence-corrected chi connectivity index (χ3v) is 4.36. The van der Waals surface area contributed by atoms with Gasteiger partial charge in [-0.1, -0.05) is 6.92 Å². The predicted molar refractivity (Wildman–Crippen MR) is 96.6 cm³/mol. The van der Waals surface area contributed by atoms with E-state index in [-0.39, 0.29) is 24.6 Å². The lowest BCUT2D eigenvalue weighted by atomic mass is 10.0. The van der Waals surface area contributed by atoms with Crippen LogP contribution in [0, 0.1) is 5.82 Å². The number of nitrogens with zero attached hydrogens (tertiary/aromatic N) is 1. The van der Waals surface area contributed by atoms with E-state index in [1.54, 1.807) is 19.1 Å². The molecule has 140 valence electrons. The Morgan fingerprint density at radius 1 is 1.40 bits per heavy atom. The molecule has 0 unspecified atom stereocenters. The second-order valence-electron chi connectivity index (χ2n) is 6.99. The van der Waals surface area contributed by atoms with Gasteiger partial charge in [0.15, 0.2) is 0 Å². The van der Waals surface area contributed by atoms with E-state index in [4.69, 9.17) is 4.74 Å². The second kappa shape index (κ2) is 8.01. The number of anilines is 2. The molecule has 3 atom stereocenters. The normalized spacial score (nSPS) is 23.0. The Balaban J connectivity index is 1.98. The number of urea groups is 1. The molecular formula is C18H28FN3O3. The van der Waals surface area contributed by atoms with Crippen molar-refractivity contribution in [3.05, 3.63) is 24.0 Å². The summed E-state index contributed by atoms with van der Waals surface area (Å²) in [5, 5.41) is 15.1. The zero-order valence-electron chi connectivity index (χ0n) is 15.3. The van der Waals surface area contributed by atoms with E-state index in [9.17, 15) is 14.3 Å². The van der Waals surface area contributed by atoms with E-state index >= 15 is 0 Å². The second-order valence-corrected chi connectivity index (χ2v) is 6.99. The lowest BCUT2D eigenvalue weighted by Gasteiger charge is -2.37. The van der Waals surface area contributed by atoms with Gasteiger partial charge in [0.2, 0.25) is 0 Å². The van der Waals surface area contributed by atoms with Crippen LogP contribution in [0.5, 0.6) is 0 Å². The number of halogens is 1. The summed E-state index contributed by atoms with van der Waals surface area (Å²) in [7, 11) is 0. The van der Waals surface area contributed by atoms with Crippen LogP contribution in [0.1, 0.15) is 34.1 Å². The molecule has 1 fully saturated rings. The maximum atomic E-state index is 14.5. The maximum Gasteiger partial charge on any atom is 0.319 e. The molecule has 1 aromatic rings. The highest BCUT2D eigenvalue weighted by atomic mass is 19.1. The number of ether oxygens (including phenoxy) is 1. The van der Waals surface area contributed by atoms with Crippen LogP contribution >= 0.6 is 0 Å². The molecule has 0 spiro atoms. The van der Waals surface area contributed by atoms with E-state index in [0.717, 1.165) is 0 Å². The third kappa shape index (κ3) is 5.57. The molecule has 0 bridgehead atoms. The van der Waals surface area contributed by atoms with Gasteiger partial charge >= 0.3 is 6.03 Å². The van der Waals surface area contributed by atoms with Gasteiger partial charge in [0.25, 0.3) is 0 Å². The molecular weight excluding hydrogens is 325 g/mol. The summed E-state index contributed by atoms with van der Waals surface area (Å²) in [5.74, 6) is -0.389. The first-order valence-corrected chi connectivity index (χ1v) is 8.67. The lowest BCUT2D eigenvalue weighted by molar-refractivity contribution is -0.00539. The zero-order chi connectivity index (χ0) is 18.6. The molecule has 0 radical (unpaired) electrons. The summed E-state index contributed by atoms with van der Waals surface area (Å²) in [6.07, 6.45) is 0.601. The van der Waals surface area contributed by atoms with Crippen molar-refractivity contribution in [3.63, 3.8) is 0 Å². The molecule has 2 rings (SSSR count). The molecule has 25 heavy (non-hydrogen) atoms. The molecule has 1 aliphatic heterocycles. The van der Waals surface area contributed by atoms with Gasteiger partial charge in [-0.05, 0) is 45.4 Å². The van der Waals surface area contributed by atoms with Crippen LogP contribution in [-0.2, 0) is 4.74 Å². The highest BCUT2D eigenvalue weighted by Crippen LogP contribution is 2.26. The highest BCUT2D eigenvalue weighted by Gasteiger charge is 2.24. The summed E-state index contributed by atoms with van der Waals surface area (Å²) >= 11 is 0. The van der Waals surface area contributed by atoms with Crippen molar-refractivity contribution in [2.24, 2.45) is 0 Å². The van der Waals surface area contributed by atoms with E-state index in [2.05, 4.69) is 10.6 Å². The van der Waals surface area contributed by atoms with E-state index in [1.807, 2.05) is 25.7 Å². The van der Waals surface area contributed by atoms with Gasteiger partial charge in [-0.3, -0.25) is 0 Å². The molecule has 6 nitrogen and oxygen atoms in total. The van der Waals surface area contributed by atoms with Crippen molar-refractivity contribution in [1.82, 2.24) is 5.32 Å². The Bertz CT molecular complexity index is 599. The Kier molecular flexibility index (Phi) is 6.24. The van der Waals surface area contributed by atoms with Crippen LogP contribution in [0.3, 0.4) is 0 Å². The largest absolute Gasteiger partial charge is 0.388 e. The fourth-order valence-electron chi connectivity index (χ4n) is 2.79. The van der Waals surface area contributed by atoms with Crippen molar-refractivity contribution >= 4 is 17.4 Å². The third-order valence-electron chi connectivity index (χ3n) is 4.36. The summed E-state index contributed by atoms with van der Waals surface area (Å²) in [4.78, 5) is 13.8. The van der Waals surface area contributed by atoms with Crippen LogP contribution in [-0.4, -0.2) is 48.6 Å². The van der Waals surface area contributed by atoms with Crippen LogP contribution in [0.2, 0.25) is 0 Å². The van der Waals surface area contributed by atoms with Crippen LogP contribution in [0.4, 0.5) is 20.6 Å². The van der Waals surface area contributed by atoms with Crippen LogP contribution in [0.25, 0.3) is 0 Å². The number of rotatable bonds is 5. The molecule has 1 saturated heterocycles. The number of carbonyl (C=O) groups excluding carboxylic acids is 1. The molecule has 0 aromatic heterocycles. The molecule has 0 aliphatic carbocycles. The molecule has 2 amide bonds. The first-order chi connectivity index (χ1) is 11.7. The lowest BCUT2D eigenvalue weighted by Crippen LogP contribution is -2.45. The van der Waals surface area contributed by atoms with Crippen LogP contribution < -0.4 is 15.5 Å². The average molecular weight is 353 g/mol. The zero-order valence-corrected chi connectivity index (χ0v) is 15.3. The fourth-order valence-corrected chi connectivity index (χ4v) is 2.79. The summed E-state index contributed by atoms with van der Waals surface area (Å²) in [6, 6.07) is 4.16. The maximum absolute atomic E-state index is 14.5. The summed E-state index contributed by atoms with van der Waals surface area (Å²) in [5.41, 5.74) is -0.0954. The number of amides is 2. The van der Waals surface area contributed by atoms with Crippen LogP contribution in [0.15, 0.2) is 18.2 Å². The SMILES string of the molecule is CC[C@@](C)(O)CNC(=O)Nc1ccc(N2C[C@@H](C)O[C@@H](C)C2)c(F)c1. The quantitative estimate of drug-likeness (QED) is 0.761. The Hall–Kier alpha value is -1.86. The average Bonchev–Trinajstić information content (AvgIpc) is 2.52. The number of nitrogens with one attached hydrogen (secondary N) is 2. The highest BCUT2D eigenvalue weighted by molar-refractivity contribution is 5.89. The Labute approximate surface area is 148 Å². The summed E-state index contributed by atoms with van der Waals surface area (Å²) in [6.45, 7) is 8.78.